The molecule has 2 atom stereocenters. The van der Waals surface area contributed by atoms with Gasteiger partial charge in [0, 0.05) is 31.6 Å². The summed E-state index contributed by atoms with van der Waals surface area (Å²) in [6.45, 7) is 3.99. The topological polar surface area (TPSA) is 32.3 Å². The predicted octanol–water partition coefficient (Wildman–Crippen LogP) is 3.48. The molecule has 1 N–H and O–H groups in total. The molecule has 0 aliphatic carbocycles. The number of amides is 1. The van der Waals surface area contributed by atoms with E-state index in [2.05, 4.69) is 41.4 Å². The van der Waals surface area contributed by atoms with Crippen LogP contribution in [0.5, 0.6) is 0 Å². The summed E-state index contributed by atoms with van der Waals surface area (Å²) in [5, 5.41) is 3.64. The van der Waals surface area contributed by atoms with Gasteiger partial charge in [0.15, 0.2) is 0 Å². The molecule has 3 rings (SSSR count). The van der Waals surface area contributed by atoms with Crippen LogP contribution in [-0.4, -0.2) is 36.0 Å². The fourth-order valence-corrected chi connectivity index (χ4v) is 3.69. The van der Waals surface area contributed by atoms with E-state index in [1.807, 2.05) is 0 Å². The molecule has 3 nitrogen and oxygen atoms in total. The first-order valence-corrected chi connectivity index (χ1v) is 8.80. The molecule has 128 valence electrons. The molecule has 2 saturated heterocycles. The number of hydrogen-bond donors (Lipinski definition) is 1. The Morgan fingerprint density at radius 1 is 1.13 bits per heavy atom. The Morgan fingerprint density at radius 2 is 1.87 bits per heavy atom. The zero-order valence-corrected chi connectivity index (χ0v) is 14.9. The van der Waals surface area contributed by atoms with E-state index < -0.39 is 0 Å². The minimum Gasteiger partial charge on any atom is -0.341 e. The molecule has 2 bridgehead atoms. The van der Waals surface area contributed by atoms with Crippen LogP contribution in [0.15, 0.2) is 24.3 Å². The minimum absolute atomic E-state index is 0. The molecular formula is C19H29ClN2O. The van der Waals surface area contributed by atoms with E-state index in [-0.39, 0.29) is 12.4 Å². The number of fused-ring (bicyclic) bond motifs is 2. The zero-order valence-electron chi connectivity index (χ0n) is 14.1. The van der Waals surface area contributed by atoms with Crippen molar-refractivity contribution in [3.05, 3.63) is 35.4 Å². The van der Waals surface area contributed by atoms with Gasteiger partial charge >= 0.3 is 0 Å². The third kappa shape index (κ3) is 5.22. The van der Waals surface area contributed by atoms with Gasteiger partial charge in [-0.15, -0.1) is 12.4 Å². The van der Waals surface area contributed by atoms with Crippen LogP contribution in [0.4, 0.5) is 0 Å². The Bertz CT molecular complexity index is 503. The number of carbonyl (C=O) groups is 1. The molecule has 23 heavy (non-hydrogen) atoms. The molecule has 2 fully saturated rings. The molecule has 0 radical (unpaired) electrons. The van der Waals surface area contributed by atoms with Crippen molar-refractivity contribution in [1.29, 1.82) is 0 Å². The Hall–Kier alpha value is -1.06. The van der Waals surface area contributed by atoms with Gasteiger partial charge in [-0.05, 0) is 51.0 Å². The van der Waals surface area contributed by atoms with Crippen LogP contribution < -0.4 is 5.32 Å². The number of carbonyl (C=O) groups excluding carboxylic acids is 1. The Morgan fingerprint density at radius 3 is 2.65 bits per heavy atom. The van der Waals surface area contributed by atoms with E-state index in [0.717, 1.165) is 38.8 Å². The first-order valence-electron chi connectivity index (χ1n) is 8.80. The number of aryl methyl sites for hydroxylation is 2. The van der Waals surface area contributed by atoms with Gasteiger partial charge in [-0.2, -0.15) is 0 Å². The van der Waals surface area contributed by atoms with E-state index >= 15 is 0 Å². The summed E-state index contributed by atoms with van der Waals surface area (Å²) in [6, 6.07) is 9.94. The maximum atomic E-state index is 12.4. The largest absolute Gasteiger partial charge is 0.341 e. The molecule has 2 aliphatic rings. The fraction of sp³-hybridized carbons (Fsp3) is 0.632. The second-order valence-corrected chi connectivity index (χ2v) is 6.96. The van der Waals surface area contributed by atoms with Gasteiger partial charge in [0.2, 0.25) is 5.91 Å². The zero-order chi connectivity index (χ0) is 15.4. The molecule has 0 saturated carbocycles. The highest BCUT2D eigenvalue weighted by Crippen LogP contribution is 2.21. The predicted molar refractivity (Wildman–Crippen MR) is 97.1 cm³/mol. The maximum Gasteiger partial charge on any atom is 0.222 e. The number of rotatable bonds is 5. The van der Waals surface area contributed by atoms with Crippen molar-refractivity contribution in [2.45, 2.75) is 64.0 Å². The van der Waals surface area contributed by atoms with Crippen molar-refractivity contribution in [3.63, 3.8) is 0 Å². The molecule has 1 aromatic carbocycles. The van der Waals surface area contributed by atoms with E-state index in [1.54, 1.807) is 0 Å². The van der Waals surface area contributed by atoms with Crippen molar-refractivity contribution < 1.29 is 4.79 Å². The number of hydrogen-bond acceptors (Lipinski definition) is 2. The average molecular weight is 337 g/mol. The van der Waals surface area contributed by atoms with Gasteiger partial charge in [0.25, 0.3) is 0 Å². The molecule has 4 heteroatoms. The third-order valence-electron chi connectivity index (χ3n) is 5.10. The van der Waals surface area contributed by atoms with Crippen molar-refractivity contribution in [2.24, 2.45) is 0 Å². The molecule has 0 spiro atoms. The highest BCUT2D eigenvalue weighted by atomic mass is 35.5. The van der Waals surface area contributed by atoms with E-state index in [0.29, 0.717) is 24.4 Å². The maximum absolute atomic E-state index is 12.4. The first kappa shape index (κ1) is 18.3. The summed E-state index contributed by atoms with van der Waals surface area (Å²) in [6.07, 6.45) is 7.57. The van der Waals surface area contributed by atoms with Crippen molar-refractivity contribution in [1.82, 2.24) is 10.2 Å². The van der Waals surface area contributed by atoms with Crippen LogP contribution in [0.1, 0.15) is 49.7 Å². The van der Waals surface area contributed by atoms with E-state index in [1.165, 1.54) is 24.0 Å². The summed E-state index contributed by atoms with van der Waals surface area (Å²) in [4.78, 5) is 14.5. The first-order chi connectivity index (χ1) is 10.7. The van der Waals surface area contributed by atoms with Gasteiger partial charge in [-0.1, -0.05) is 29.8 Å². The second kappa shape index (κ2) is 8.70. The second-order valence-electron chi connectivity index (χ2n) is 6.96. The smallest absolute Gasteiger partial charge is 0.222 e. The number of nitrogens with one attached hydrogen (secondary N) is 1. The Kier molecular flexibility index (Phi) is 6.91. The van der Waals surface area contributed by atoms with Crippen LogP contribution in [0.25, 0.3) is 0 Å². The number of nitrogens with zero attached hydrogens (tertiary/aromatic N) is 1. The lowest BCUT2D eigenvalue weighted by Gasteiger charge is -2.24. The minimum atomic E-state index is 0. The lowest BCUT2D eigenvalue weighted by molar-refractivity contribution is -0.131. The number of benzene rings is 1. The van der Waals surface area contributed by atoms with Gasteiger partial charge in [0.05, 0.1) is 0 Å². The van der Waals surface area contributed by atoms with Crippen molar-refractivity contribution in [3.8, 4) is 0 Å². The fourth-order valence-electron chi connectivity index (χ4n) is 3.69. The molecule has 1 aromatic rings. The SMILES string of the molecule is Cc1ccc(CCCCC(=O)N2CCC3CCC(C2)N3)cc1.Cl. The summed E-state index contributed by atoms with van der Waals surface area (Å²) >= 11 is 0. The van der Waals surface area contributed by atoms with Crippen molar-refractivity contribution >= 4 is 18.3 Å². The van der Waals surface area contributed by atoms with Crippen LogP contribution in [0.3, 0.4) is 0 Å². The molecule has 2 aliphatic heterocycles. The lowest BCUT2D eigenvalue weighted by Crippen LogP contribution is -2.38. The number of likely N-dealkylation sites (tertiary alicyclic amines) is 1. The summed E-state index contributed by atoms with van der Waals surface area (Å²) in [5.41, 5.74) is 2.69. The summed E-state index contributed by atoms with van der Waals surface area (Å²) in [5.74, 6) is 0.359. The van der Waals surface area contributed by atoms with Crippen LogP contribution >= 0.6 is 12.4 Å². The molecular weight excluding hydrogens is 308 g/mol. The normalized spacial score (nSPS) is 23.3. The summed E-state index contributed by atoms with van der Waals surface area (Å²) < 4.78 is 0. The van der Waals surface area contributed by atoms with Crippen LogP contribution in [0, 0.1) is 6.92 Å². The quantitative estimate of drug-likeness (QED) is 0.835. The van der Waals surface area contributed by atoms with Crippen LogP contribution in [-0.2, 0) is 11.2 Å². The highest BCUT2D eigenvalue weighted by Gasteiger charge is 2.30. The third-order valence-corrected chi connectivity index (χ3v) is 5.10. The average Bonchev–Trinajstić information content (AvgIpc) is 2.84. The standard InChI is InChI=1S/C19H28N2O.ClH/c1-15-6-8-16(9-7-15)4-2-3-5-19(22)21-13-12-17-10-11-18(14-21)20-17;/h6-9,17-18,20H,2-5,10-14H2,1H3;1H. The van der Waals surface area contributed by atoms with E-state index in [4.69, 9.17) is 0 Å². The lowest BCUT2D eigenvalue weighted by atomic mass is 10.0. The van der Waals surface area contributed by atoms with Gasteiger partial charge in [0.1, 0.15) is 0 Å². The number of unbranched alkanes of at least 4 members (excludes halogenated alkanes) is 1. The molecule has 0 aromatic heterocycles. The molecule has 2 unspecified atom stereocenters. The molecule has 2 heterocycles. The highest BCUT2D eigenvalue weighted by molar-refractivity contribution is 5.85. The summed E-state index contributed by atoms with van der Waals surface area (Å²) in [7, 11) is 0. The Balaban J connectivity index is 0.00000192. The molecule has 1 amide bonds. The monoisotopic (exact) mass is 336 g/mol. The Labute approximate surface area is 146 Å². The van der Waals surface area contributed by atoms with Crippen molar-refractivity contribution in [2.75, 3.05) is 13.1 Å². The van der Waals surface area contributed by atoms with Gasteiger partial charge < -0.3 is 10.2 Å². The van der Waals surface area contributed by atoms with Gasteiger partial charge in [-0.3, -0.25) is 4.79 Å². The van der Waals surface area contributed by atoms with Crippen LogP contribution in [0.2, 0.25) is 0 Å². The number of halogens is 1. The van der Waals surface area contributed by atoms with E-state index in [9.17, 15) is 4.79 Å². The van der Waals surface area contributed by atoms with Gasteiger partial charge in [-0.25, -0.2) is 0 Å².